The van der Waals surface area contributed by atoms with Crippen molar-refractivity contribution in [2.24, 2.45) is 0 Å². The maximum absolute atomic E-state index is 10.5. The maximum atomic E-state index is 10.5. The van der Waals surface area contributed by atoms with Crippen LogP contribution >= 0.6 is 43.5 Å². The van der Waals surface area contributed by atoms with Gasteiger partial charge in [-0.3, -0.25) is 0 Å². The highest BCUT2D eigenvalue weighted by atomic mass is 33.1. The third-order valence-electron chi connectivity index (χ3n) is 0.793. The van der Waals surface area contributed by atoms with E-state index in [2.05, 4.69) is 33.1 Å². The summed E-state index contributed by atoms with van der Waals surface area (Å²) in [7, 11) is 6.03. The van der Waals surface area contributed by atoms with Crippen molar-refractivity contribution < 1.29 is 9.90 Å². The Hall–Kier alpha value is 0.630. The fourth-order valence-corrected chi connectivity index (χ4v) is 4.46. The van der Waals surface area contributed by atoms with Crippen LogP contribution in [0.25, 0.3) is 0 Å². The molecule has 0 fully saturated rings. The number of rotatable bonds is 7. The summed E-state index contributed by atoms with van der Waals surface area (Å²) in [6.07, 6.45) is -1.04. The van der Waals surface area contributed by atoms with Crippen LogP contribution < -0.4 is 5.43 Å². The third kappa shape index (κ3) is 10.9. The Balaban J connectivity index is 3.89. The molecule has 0 bridgehead atoms. The number of hydrazine groups is 1. The number of nitrogens with one attached hydrogen (secondary N) is 1. The van der Waals surface area contributed by atoms with E-state index in [0.717, 1.165) is 0 Å². The molecule has 0 rings (SSSR count). The van der Waals surface area contributed by atoms with Crippen LogP contribution in [0.1, 0.15) is 27.7 Å². The molecule has 2 N–H and O–H groups in total. The van der Waals surface area contributed by atoms with Gasteiger partial charge in [0.15, 0.2) is 0 Å². The highest BCUT2D eigenvalue weighted by molar-refractivity contribution is 8.83. The fraction of sp³-hybridized carbons (Fsp3) is 0.857. The summed E-state index contributed by atoms with van der Waals surface area (Å²) in [4.78, 5) is 10.5. The number of hydrogen-bond acceptors (Lipinski definition) is 6. The minimum atomic E-state index is -1.04. The van der Waals surface area contributed by atoms with Crippen LogP contribution in [0.15, 0.2) is 0 Å². The van der Waals surface area contributed by atoms with Crippen LogP contribution in [-0.4, -0.2) is 25.5 Å². The van der Waals surface area contributed by atoms with Crippen LogP contribution in [-0.2, 0) is 0 Å². The zero-order chi connectivity index (χ0) is 11.8. The van der Waals surface area contributed by atoms with Crippen LogP contribution in [0.5, 0.6) is 0 Å². The van der Waals surface area contributed by atoms with E-state index in [4.69, 9.17) is 5.11 Å². The largest absolute Gasteiger partial charge is 0.464 e. The first kappa shape index (κ1) is 15.6. The molecule has 0 radical (unpaired) electrons. The number of hydrogen-bond donors (Lipinski definition) is 2. The van der Waals surface area contributed by atoms with Gasteiger partial charge in [0.2, 0.25) is 0 Å². The second-order valence-electron chi connectivity index (χ2n) is 3.11. The summed E-state index contributed by atoms with van der Waals surface area (Å²) in [6.45, 7) is 8.27. The van der Waals surface area contributed by atoms with E-state index < -0.39 is 6.09 Å². The molecule has 8 heteroatoms. The molecular weight excluding hydrogens is 272 g/mol. The van der Waals surface area contributed by atoms with E-state index in [1.807, 2.05) is 0 Å². The Morgan fingerprint density at radius 3 is 1.80 bits per heavy atom. The minimum Gasteiger partial charge on any atom is -0.464 e. The molecule has 4 nitrogen and oxygen atoms in total. The van der Waals surface area contributed by atoms with Gasteiger partial charge in [0.1, 0.15) is 0 Å². The van der Waals surface area contributed by atoms with E-state index in [9.17, 15) is 4.79 Å². The monoisotopic (exact) mass is 288 g/mol. The summed E-state index contributed by atoms with van der Waals surface area (Å²) in [5.41, 5.74) is 2.32. The summed E-state index contributed by atoms with van der Waals surface area (Å²) < 4.78 is 1.55. The molecular formula is C7H16N2O2S4. The van der Waals surface area contributed by atoms with Crippen molar-refractivity contribution in [2.45, 2.75) is 38.2 Å². The number of carbonyl (C=O) groups is 1. The fourth-order valence-electron chi connectivity index (χ4n) is 0.378. The van der Waals surface area contributed by atoms with E-state index in [-0.39, 0.29) is 0 Å². The summed E-state index contributed by atoms with van der Waals surface area (Å²) >= 11 is 0. The predicted octanol–water partition coefficient (Wildman–Crippen LogP) is 3.88. The van der Waals surface area contributed by atoms with Crippen LogP contribution in [0.3, 0.4) is 0 Å². The lowest BCUT2D eigenvalue weighted by Gasteiger charge is -2.18. The van der Waals surface area contributed by atoms with Gasteiger partial charge in [-0.1, -0.05) is 53.1 Å². The minimum absolute atomic E-state index is 0.456. The quantitative estimate of drug-likeness (QED) is 0.419. The molecule has 0 saturated carbocycles. The van der Waals surface area contributed by atoms with Crippen molar-refractivity contribution in [3.05, 3.63) is 0 Å². The predicted molar refractivity (Wildman–Crippen MR) is 73.6 cm³/mol. The van der Waals surface area contributed by atoms with E-state index >= 15 is 0 Å². The second kappa shape index (κ2) is 8.74. The maximum Gasteiger partial charge on any atom is 0.420 e. The lowest BCUT2D eigenvalue weighted by molar-refractivity contribution is 0.187. The van der Waals surface area contributed by atoms with Gasteiger partial charge in [-0.2, -0.15) is 0 Å². The lowest BCUT2D eigenvalue weighted by atomic mass is 10.6. The van der Waals surface area contributed by atoms with Crippen molar-refractivity contribution in [3.63, 3.8) is 0 Å². The third-order valence-corrected chi connectivity index (χ3v) is 6.92. The van der Waals surface area contributed by atoms with Crippen LogP contribution in [0.4, 0.5) is 4.79 Å². The molecule has 0 aromatic rings. The summed E-state index contributed by atoms with van der Waals surface area (Å²) in [5.74, 6) is 0. The smallest absolute Gasteiger partial charge is 0.420 e. The van der Waals surface area contributed by atoms with Gasteiger partial charge >= 0.3 is 6.09 Å². The lowest BCUT2D eigenvalue weighted by Crippen LogP contribution is -2.30. The molecule has 0 unspecified atom stereocenters. The van der Waals surface area contributed by atoms with Gasteiger partial charge in [-0.05, 0) is 0 Å². The Kier molecular flexibility index (Phi) is 9.11. The van der Waals surface area contributed by atoms with E-state index in [1.165, 1.54) is 22.0 Å². The Bertz CT molecular complexity index is 180. The molecule has 0 aliphatic rings. The molecule has 90 valence electrons. The average molecular weight is 288 g/mol. The molecule has 0 aromatic heterocycles. The first-order valence-corrected chi connectivity index (χ1v) is 8.72. The zero-order valence-corrected chi connectivity index (χ0v) is 12.4. The van der Waals surface area contributed by atoms with Crippen molar-refractivity contribution in [1.29, 1.82) is 0 Å². The number of carboxylic acid groups (broad SMARTS) is 1. The molecule has 1 amide bonds. The normalized spacial score (nSPS) is 11.4. The summed E-state index contributed by atoms with van der Waals surface area (Å²) in [6, 6.07) is 0. The first-order chi connectivity index (χ1) is 6.91. The number of amides is 1. The van der Waals surface area contributed by atoms with Crippen LogP contribution in [0.2, 0.25) is 0 Å². The molecule has 15 heavy (non-hydrogen) atoms. The zero-order valence-electron chi connectivity index (χ0n) is 9.09. The topological polar surface area (TPSA) is 52.6 Å². The van der Waals surface area contributed by atoms with Crippen molar-refractivity contribution in [3.8, 4) is 0 Å². The molecule has 0 heterocycles. The van der Waals surface area contributed by atoms with Crippen molar-refractivity contribution in [1.82, 2.24) is 9.25 Å². The highest BCUT2D eigenvalue weighted by Gasteiger charge is 2.12. The van der Waals surface area contributed by atoms with Gasteiger partial charge < -0.3 is 5.11 Å². The van der Waals surface area contributed by atoms with Gasteiger partial charge in [-0.15, -0.1) is 0 Å². The standard InChI is InChI=1S/C7H16N2O2S4/c1-5(2)12-14-9(8-7(10)11)15-13-6(3)4/h5-6,8H,1-4H3,(H,10,11). The first-order valence-electron chi connectivity index (χ1n) is 4.38. The Labute approximate surface area is 107 Å². The Morgan fingerprint density at radius 1 is 1.13 bits per heavy atom. The average Bonchev–Trinajstić information content (AvgIpc) is 2.08. The van der Waals surface area contributed by atoms with Crippen molar-refractivity contribution in [2.75, 3.05) is 0 Å². The van der Waals surface area contributed by atoms with Crippen molar-refractivity contribution >= 4 is 49.6 Å². The van der Waals surface area contributed by atoms with Gasteiger partial charge in [0, 0.05) is 32.5 Å². The molecule has 0 aliphatic heterocycles. The Morgan fingerprint density at radius 2 is 1.53 bits per heavy atom. The number of nitrogens with zero attached hydrogens (tertiary/aromatic N) is 1. The van der Waals surface area contributed by atoms with E-state index in [1.54, 1.807) is 25.4 Å². The summed E-state index contributed by atoms with van der Waals surface area (Å²) in [5, 5.41) is 9.53. The van der Waals surface area contributed by atoms with Gasteiger partial charge in [-0.25, -0.2) is 10.2 Å². The molecule has 0 atom stereocenters. The molecule has 0 aliphatic carbocycles. The second-order valence-corrected chi connectivity index (χ2v) is 8.69. The SMILES string of the molecule is CC(C)SSN(NC(=O)O)SSC(C)C. The van der Waals surface area contributed by atoms with Crippen LogP contribution in [0, 0.1) is 0 Å². The molecule has 0 spiro atoms. The van der Waals surface area contributed by atoms with Gasteiger partial charge in [0.25, 0.3) is 0 Å². The van der Waals surface area contributed by atoms with E-state index in [0.29, 0.717) is 10.5 Å². The highest BCUT2D eigenvalue weighted by Crippen LogP contribution is 2.39. The molecule has 0 aromatic carbocycles. The van der Waals surface area contributed by atoms with Gasteiger partial charge in [0.05, 0.1) is 0 Å². The molecule has 0 saturated heterocycles.